The van der Waals surface area contributed by atoms with Crippen molar-refractivity contribution < 1.29 is 13.2 Å². The molecule has 2 aromatic carbocycles. The molecule has 1 aliphatic rings. The monoisotopic (exact) mass is 392 g/mol. The molecule has 1 fully saturated rings. The largest absolute Gasteiger partial charge is 0.299 e. The molecule has 1 atom stereocenters. The maximum absolute atomic E-state index is 13.3. The van der Waals surface area contributed by atoms with E-state index in [-0.39, 0.29) is 16.6 Å². The van der Waals surface area contributed by atoms with E-state index in [1.54, 1.807) is 48.7 Å². The summed E-state index contributed by atoms with van der Waals surface area (Å²) in [6, 6.07) is 13.8. The molecule has 1 heterocycles. The summed E-state index contributed by atoms with van der Waals surface area (Å²) in [4.78, 5) is 12.3. The molecule has 4 rings (SSSR count). The molecular formula is C22H20N2O3S. The molecule has 5 nitrogen and oxygen atoms in total. The minimum Gasteiger partial charge on any atom is -0.299 e. The predicted molar refractivity (Wildman–Crippen MR) is 106 cm³/mol. The van der Waals surface area contributed by atoms with Crippen LogP contribution in [-0.4, -0.2) is 18.2 Å². The molecule has 0 spiro atoms. The van der Waals surface area contributed by atoms with Crippen LogP contribution in [0.25, 0.3) is 10.9 Å². The average molecular weight is 392 g/mol. The zero-order valence-electron chi connectivity index (χ0n) is 15.6. The number of benzene rings is 2. The number of carbonyl (C=O) groups is 1. The lowest BCUT2D eigenvalue weighted by atomic mass is 9.96. The summed E-state index contributed by atoms with van der Waals surface area (Å²) in [6.07, 6.45) is 4.42. The summed E-state index contributed by atoms with van der Waals surface area (Å²) in [5.41, 5.74) is 2.77. The molecule has 0 aliphatic heterocycles. The Morgan fingerprint density at radius 2 is 1.93 bits per heavy atom. The summed E-state index contributed by atoms with van der Waals surface area (Å²) in [5.74, 6) is 0.158. The lowest BCUT2D eigenvalue weighted by Crippen LogP contribution is -2.12. The number of nitriles is 1. The number of hydrogen-bond acceptors (Lipinski definition) is 4. The van der Waals surface area contributed by atoms with Crippen LogP contribution in [0.3, 0.4) is 0 Å². The van der Waals surface area contributed by atoms with Crippen molar-refractivity contribution in [1.82, 2.24) is 3.97 Å². The molecule has 0 radical (unpaired) electrons. The van der Waals surface area contributed by atoms with Gasteiger partial charge in [0.05, 0.1) is 22.0 Å². The van der Waals surface area contributed by atoms with Crippen LogP contribution in [0.4, 0.5) is 0 Å². The molecule has 1 aromatic heterocycles. The average Bonchev–Trinajstić information content (AvgIpc) is 3.26. The Balaban J connectivity index is 1.88. The number of ketones is 1. The molecule has 28 heavy (non-hydrogen) atoms. The van der Waals surface area contributed by atoms with Crippen LogP contribution >= 0.6 is 0 Å². The number of rotatable bonds is 4. The molecule has 0 amide bonds. The third-order valence-corrected chi connectivity index (χ3v) is 7.15. The quantitative estimate of drug-likeness (QED) is 0.673. The molecule has 0 bridgehead atoms. The van der Waals surface area contributed by atoms with Gasteiger partial charge in [-0.3, -0.25) is 4.79 Å². The van der Waals surface area contributed by atoms with Crippen LogP contribution in [0, 0.1) is 24.2 Å². The number of carbonyl (C=O) groups excluding carboxylic acids is 1. The number of aromatic nitrogens is 1. The highest BCUT2D eigenvalue weighted by Crippen LogP contribution is 2.32. The van der Waals surface area contributed by atoms with Gasteiger partial charge in [-0.1, -0.05) is 17.7 Å². The number of nitrogens with zero attached hydrogens (tertiary/aromatic N) is 2. The highest BCUT2D eigenvalue weighted by atomic mass is 32.2. The van der Waals surface area contributed by atoms with E-state index in [2.05, 4.69) is 6.07 Å². The van der Waals surface area contributed by atoms with Crippen LogP contribution in [0.5, 0.6) is 0 Å². The Morgan fingerprint density at radius 3 is 2.57 bits per heavy atom. The fourth-order valence-electron chi connectivity index (χ4n) is 3.89. The fraction of sp³-hybridized carbons (Fsp3) is 0.273. The number of fused-ring (bicyclic) bond motifs is 1. The molecule has 1 aliphatic carbocycles. The topological polar surface area (TPSA) is 79.9 Å². The van der Waals surface area contributed by atoms with E-state index >= 15 is 0 Å². The molecule has 142 valence electrons. The molecule has 0 saturated heterocycles. The van der Waals surface area contributed by atoms with Gasteiger partial charge < -0.3 is 0 Å². The molecule has 1 saturated carbocycles. The van der Waals surface area contributed by atoms with Crippen molar-refractivity contribution in [3.8, 4) is 6.07 Å². The van der Waals surface area contributed by atoms with Gasteiger partial charge in [0, 0.05) is 23.9 Å². The van der Waals surface area contributed by atoms with Gasteiger partial charge in [-0.2, -0.15) is 5.26 Å². The summed E-state index contributed by atoms with van der Waals surface area (Å²) in [5, 5.41) is 9.97. The van der Waals surface area contributed by atoms with Crippen LogP contribution in [0.15, 0.2) is 53.6 Å². The van der Waals surface area contributed by atoms with Crippen LogP contribution in [0.1, 0.15) is 36.0 Å². The zero-order chi connectivity index (χ0) is 19.9. The molecule has 0 N–H and O–H groups in total. The first kappa shape index (κ1) is 18.5. The SMILES string of the molecule is Cc1ccc(S(=O)(=O)n2cc(CC3CCCC3=O)c3cc(C#N)ccc32)cc1. The van der Waals surface area contributed by atoms with E-state index in [9.17, 15) is 18.5 Å². The molecule has 6 heteroatoms. The van der Waals surface area contributed by atoms with Crippen LogP contribution < -0.4 is 0 Å². The van der Waals surface area contributed by atoms with Crippen LogP contribution in [-0.2, 0) is 21.2 Å². The van der Waals surface area contributed by atoms with E-state index in [0.717, 1.165) is 29.4 Å². The van der Waals surface area contributed by atoms with Gasteiger partial charge in [0.25, 0.3) is 10.0 Å². The lowest BCUT2D eigenvalue weighted by Gasteiger charge is -2.08. The number of aryl methyl sites for hydroxylation is 1. The Hall–Kier alpha value is -2.91. The van der Waals surface area contributed by atoms with Gasteiger partial charge >= 0.3 is 0 Å². The third-order valence-electron chi connectivity index (χ3n) is 5.46. The maximum atomic E-state index is 13.3. The van der Waals surface area contributed by atoms with Gasteiger partial charge in [-0.15, -0.1) is 0 Å². The summed E-state index contributed by atoms with van der Waals surface area (Å²) in [7, 11) is -3.78. The molecule has 3 aromatic rings. The second-order valence-corrected chi connectivity index (χ2v) is 9.19. The van der Waals surface area contributed by atoms with E-state index in [1.807, 2.05) is 6.92 Å². The van der Waals surface area contributed by atoms with Crippen molar-refractivity contribution in [1.29, 1.82) is 5.26 Å². The minimum atomic E-state index is -3.78. The first-order valence-electron chi connectivity index (χ1n) is 9.29. The summed E-state index contributed by atoms with van der Waals surface area (Å²) in [6.45, 7) is 1.90. The van der Waals surface area contributed by atoms with E-state index in [1.165, 1.54) is 3.97 Å². The second-order valence-electron chi connectivity index (χ2n) is 7.37. The highest BCUT2D eigenvalue weighted by Gasteiger charge is 2.27. The Labute approximate surface area is 164 Å². The Morgan fingerprint density at radius 1 is 1.18 bits per heavy atom. The lowest BCUT2D eigenvalue weighted by molar-refractivity contribution is -0.120. The van der Waals surface area contributed by atoms with Gasteiger partial charge in [0.15, 0.2) is 0 Å². The van der Waals surface area contributed by atoms with Gasteiger partial charge in [-0.05, 0) is 62.1 Å². The normalized spacial score (nSPS) is 17.1. The Bertz CT molecular complexity index is 1220. The summed E-state index contributed by atoms with van der Waals surface area (Å²) < 4.78 is 27.8. The van der Waals surface area contributed by atoms with E-state index in [0.29, 0.717) is 23.9 Å². The standard InChI is InChI=1S/C22H20N2O3S/c1-15-5-8-19(9-6-15)28(26,27)24-14-18(12-17-3-2-4-22(17)25)20-11-16(13-23)7-10-21(20)24/h5-11,14,17H,2-4,12H2,1H3. The minimum absolute atomic E-state index is 0.0770. The smallest absolute Gasteiger partial charge is 0.268 e. The first-order chi connectivity index (χ1) is 13.4. The van der Waals surface area contributed by atoms with Crippen molar-refractivity contribution in [2.24, 2.45) is 5.92 Å². The first-order valence-corrected chi connectivity index (χ1v) is 10.7. The van der Waals surface area contributed by atoms with Gasteiger partial charge in [0.2, 0.25) is 0 Å². The predicted octanol–water partition coefficient (Wildman–Crippen LogP) is 3.97. The molecular weight excluding hydrogens is 372 g/mol. The second kappa shape index (κ2) is 6.92. The van der Waals surface area contributed by atoms with Crippen LogP contribution in [0.2, 0.25) is 0 Å². The maximum Gasteiger partial charge on any atom is 0.268 e. The van der Waals surface area contributed by atoms with E-state index in [4.69, 9.17) is 0 Å². The fourth-order valence-corrected chi connectivity index (χ4v) is 5.28. The summed E-state index contributed by atoms with van der Waals surface area (Å²) >= 11 is 0. The van der Waals surface area contributed by atoms with E-state index < -0.39 is 10.0 Å². The molecule has 1 unspecified atom stereocenters. The third kappa shape index (κ3) is 3.12. The van der Waals surface area contributed by atoms with Gasteiger partial charge in [-0.25, -0.2) is 12.4 Å². The number of hydrogen-bond donors (Lipinski definition) is 0. The van der Waals surface area contributed by atoms with Crippen molar-refractivity contribution in [2.75, 3.05) is 0 Å². The van der Waals surface area contributed by atoms with Crippen molar-refractivity contribution in [2.45, 2.75) is 37.5 Å². The zero-order valence-corrected chi connectivity index (χ0v) is 16.4. The number of Topliss-reactive ketones (excluding diaryl/α,β-unsaturated/α-hetero) is 1. The van der Waals surface area contributed by atoms with Crippen molar-refractivity contribution in [3.05, 3.63) is 65.4 Å². The van der Waals surface area contributed by atoms with Crippen molar-refractivity contribution in [3.63, 3.8) is 0 Å². The van der Waals surface area contributed by atoms with Gasteiger partial charge in [0.1, 0.15) is 5.78 Å². The van der Waals surface area contributed by atoms with Crippen molar-refractivity contribution >= 4 is 26.7 Å². The highest BCUT2D eigenvalue weighted by molar-refractivity contribution is 7.90. The Kier molecular flexibility index (Phi) is 4.56.